The quantitative estimate of drug-likeness (QED) is 0.162. The van der Waals surface area contributed by atoms with Crippen LogP contribution in [0.5, 0.6) is 0 Å². The molecule has 0 spiro atoms. The Morgan fingerprint density at radius 1 is 0.667 bits per heavy atom. The van der Waals surface area contributed by atoms with Crippen LogP contribution in [0, 0.1) is 5.92 Å². The van der Waals surface area contributed by atoms with E-state index in [2.05, 4.69) is 197 Å². The fourth-order valence-electron chi connectivity index (χ4n) is 9.32. The minimum atomic E-state index is 0.396. The van der Waals surface area contributed by atoms with Gasteiger partial charge in [-0.2, -0.15) is 9.97 Å². The van der Waals surface area contributed by atoms with Crippen LogP contribution >= 0.6 is 0 Å². The van der Waals surface area contributed by atoms with Crippen molar-refractivity contribution in [3.8, 4) is 11.6 Å². The van der Waals surface area contributed by atoms with Crippen LogP contribution in [-0.2, 0) is 6.42 Å². The number of rotatable bonds is 7. The first-order valence-corrected chi connectivity index (χ1v) is 20.7. The van der Waals surface area contributed by atoms with Crippen LogP contribution < -0.4 is 10.6 Å². The molecule has 288 valence electrons. The molecule has 6 aromatic carbocycles. The van der Waals surface area contributed by atoms with E-state index < -0.39 is 0 Å². The molecule has 0 amide bonds. The second-order valence-corrected chi connectivity index (χ2v) is 15.7. The number of aromatic nitrogens is 6. The largest absolute Gasteiger partial charge is 0.310 e. The molecule has 4 heterocycles. The van der Waals surface area contributed by atoms with Crippen molar-refractivity contribution in [2.75, 3.05) is 0 Å². The topological polar surface area (TPSA) is 53.5 Å². The number of benzene rings is 6. The van der Waals surface area contributed by atoms with Gasteiger partial charge in [-0.3, -0.25) is 4.57 Å². The first-order valence-electron chi connectivity index (χ1n) is 20.7. The molecule has 0 fully saturated rings. The third-order valence-electron chi connectivity index (χ3n) is 11.9. The SMILES string of the molecule is C=C(/C=c1\c(=C/C)n(-c2ccccc2)c2ccccc12)n1c2ccccc2c2c1ccc1c3ccccc3n(-c3nc(Cc4ccccc4)nc(C4=CC(C)CC=C4)n3)c12. The molecule has 0 saturated heterocycles. The molecular formula is C54H42N6. The van der Waals surface area contributed by atoms with Crippen LogP contribution in [0.15, 0.2) is 170 Å². The Bertz CT molecular complexity index is 3530. The Kier molecular flexibility index (Phi) is 8.52. The van der Waals surface area contributed by atoms with E-state index in [9.17, 15) is 0 Å². The normalized spacial score (nSPS) is 15.0. The number of fused-ring (bicyclic) bond motifs is 8. The van der Waals surface area contributed by atoms with Crippen LogP contribution in [0.4, 0.5) is 0 Å². The maximum Gasteiger partial charge on any atom is 0.238 e. The van der Waals surface area contributed by atoms with E-state index in [-0.39, 0.29) is 0 Å². The lowest BCUT2D eigenvalue weighted by Crippen LogP contribution is -2.28. The van der Waals surface area contributed by atoms with Crippen molar-refractivity contribution >= 4 is 77.9 Å². The fraction of sp³-hybridized carbons (Fsp3) is 0.0926. The standard InChI is InChI=1S/C54H42N6/c1-4-45-44(41-25-12-14-27-46(41)59(45)39-22-9-6-10-23-39)33-36(3)58-48-29-16-13-26-43(48)51-49(58)31-30-42-40-24-11-15-28-47(40)60(52(42)51)54-56-50(34-37-19-7-5-8-20-37)55-53(57-54)38-21-17-18-35(2)32-38/h4-17,19-33,35H,3,18,34H2,1-2H3/b44-33-,45-4+. The van der Waals surface area contributed by atoms with Crippen LogP contribution in [0.2, 0.25) is 0 Å². The summed E-state index contributed by atoms with van der Waals surface area (Å²) in [7, 11) is 0. The van der Waals surface area contributed by atoms with Gasteiger partial charge in [0.1, 0.15) is 5.82 Å². The summed E-state index contributed by atoms with van der Waals surface area (Å²) in [6.07, 6.45) is 12.7. The van der Waals surface area contributed by atoms with Crippen molar-refractivity contribution in [3.63, 3.8) is 0 Å². The molecule has 60 heavy (non-hydrogen) atoms. The van der Waals surface area contributed by atoms with Crippen molar-refractivity contribution in [3.05, 3.63) is 198 Å². The molecule has 4 aromatic heterocycles. The number of allylic oxidation sites excluding steroid dienone is 5. The van der Waals surface area contributed by atoms with Gasteiger partial charge in [-0.1, -0.05) is 147 Å². The van der Waals surface area contributed by atoms with Crippen molar-refractivity contribution in [2.45, 2.75) is 26.7 Å². The lowest BCUT2D eigenvalue weighted by atomic mass is 9.97. The first-order chi connectivity index (χ1) is 29.6. The highest BCUT2D eigenvalue weighted by molar-refractivity contribution is 6.26. The van der Waals surface area contributed by atoms with E-state index in [1.54, 1.807) is 0 Å². The molecule has 0 N–H and O–H groups in total. The Morgan fingerprint density at radius 2 is 1.33 bits per heavy atom. The summed E-state index contributed by atoms with van der Waals surface area (Å²) in [6.45, 7) is 9.17. The molecule has 0 bridgehead atoms. The van der Waals surface area contributed by atoms with Gasteiger partial charge >= 0.3 is 0 Å². The first kappa shape index (κ1) is 35.6. The lowest BCUT2D eigenvalue weighted by Gasteiger charge is -2.14. The zero-order valence-corrected chi connectivity index (χ0v) is 33.6. The number of nitrogens with zero attached hydrogens (tertiary/aromatic N) is 6. The smallest absolute Gasteiger partial charge is 0.238 e. The molecule has 1 atom stereocenters. The van der Waals surface area contributed by atoms with Gasteiger partial charge in [0.25, 0.3) is 0 Å². The van der Waals surface area contributed by atoms with E-state index in [1.807, 2.05) is 6.07 Å². The van der Waals surface area contributed by atoms with Crippen LogP contribution in [0.3, 0.4) is 0 Å². The third-order valence-corrected chi connectivity index (χ3v) is 11.9. The molecule has 0 saturated carbocycles. The van der Waals surface area contributed by atoms with Gasteiger partial charge < -0.3 is 9.13 Å². The Labute approximate surface area is 347 Å². The summed E-state index contributed by atoms with van der Waals surface area (Å²) >= 11 is 0. The van der Waals surface area contributed by atoms with Gasteiger partial charge in [0.2, 0.25) is 5.95 Å². The second kappa shape index (κ2) is 14.4. The van der Waals surface area contributed by atoms with Gasteiger partial charge in [-0.15, -0.1) is 0 Å². The molecule has 11 rings (SSSR count). The van der Waals surface area contributed by atoms with Crippen molar-refractivity contribution < 1.29 is 0 Å². The van der Waals surface area contributed by atoms with Gasteiger partial charge in [-0.05, 0) is 67.3 Å². The summed E-state index contributed by atoms with van der Waals surface area (Å²) < 4.78 is 6.93. The van der Waals surface area contributed by atoms with Crippen LogP contribution in [0.1, 0.15) is 37.5 Å². The highest BCUT2D eigenvalue weighted by Gasteiger charge is 2.23. The fourth-order valence-corrected chi connectivity index (χ4v) is 9.32. The number of para-hydroxylation sites is 4. The third kappa shape index (κ3) is 5.75. The minimum Gasteiger partial charge on any atom is -0.310 e. The van der Waals surface area contributed by atoms with Crippen molar-refractivity contribution in [1.82, 2.24) is 28.7 Å². The van der Waals surface area contributed by atoms with E-state index >= 15 is 0 Å². The monoisotopic (exact) mass is 774 g/mol. The zero-order valence-electron chi connectivity index (χ0n) is 33.6. The molecule has 0 radical (unpaired) electrons. The molecule has 0 aliphatic heterocycles. The second-order valence-electron chi connectivity index (χ2n) is 15.7. The molecule has 10 aromatic rings. The summed E-state index contributed by atoms with van der Waals surface area (Å²) in [6, 6.07) is 51.5. The molecular weight excluding hydrogens is 733 g/mol. The van der Waals surface area contributed by atoms with Gasteiger partial charge in [0.05, 0.1) is 27.6 Å². The Hall–Kier alpha value is -7.57. The highest BCUT2D eigenvalue weighted by Crippen LogP contribution is 2.41. The van der Waals surface area contributed by atoms with E-state index in [4.69, 9.17) is 21.5 Å². The summed E-state index contributed by atoms with van der Waals surface area (Å²) in [5.74, 6) is 2.43. The van der Waals surface area contributed by atoms with E-state index in [1.165, 1.54) is 5.39 Å². The average Bonchev–Trinajstić information content (AvgIpc) is 3.92. The summed E-state index contributed by atoms with van der Waals surface area (Å²) in [5.41, 5.74) is 9.58. The number of hydrogen-bond donors (Lipinski definition) is 0. The van der Waals surface area contributed by atoms with E-state index in [0.717, 1.165) is 94.5 Å². The highest BCUT2D eigenvalue weighted by atomic mass is 15.2. The predicted molar refractivity (Wildman–Crippen MR) is 250 cm³/mol. The maximum absolute atomic E-state index is 5.32. The predicted octanol–water partition coefficient (Wildman–Crippen LogP) is 11.3. The summed E-state index contributed by atoms with van der Waals surface area (Å²) in [5, 5.41) is 7.98. The van der Waals surface area contributed by atoms with Crippen molar-refractivity contribution in [1.29, 1.82) is 0 Å². The molecule has 1 aliphatic carbocycles. The molecule has 6 nitrogen and oxygen atoms in total. The Morgan fingerprint density at radius 3 is 2.08 bits per heavy atom. The Balaban J connectivity index is 1.19. The summed E-state index contributed by atoms with van der Waals surface area (Å²) in [4.78, 5) is 15.7. The van der Waals surface area contributed by atoms with Crippen molar-refractivity contribution in [2.24, 2.45) is 5.92 Å². The molecule has 6 heteroatoms. The van der Waals surface area contributed by atoms with Gasteiger partial charge in [0.15, 0.2) is 5.82 Å². The van der Waals surface area contributed by atoms with Crippen LogP contribution in [-0.4, -0.2) is 28.7 Å². The lowest BCUT2D eigenvalue weighted by molar-refractivity contribution is 0.737. The molecule has 1 unspecified atom stereocenters. The minimum absolute atomic E-state index is 0.396. The zero-order chi connectivity index (χ0) is 40.3. The number of hydrogen-bond acceptors (Lipinski definition) is 3. The maximum atomic E-state index is 5.32. The van der Waals surface area contributed by atoms with Gasteiger partial charge in [-0.25, -0.2) is 4.98 Å². The molecule has 1 aliphatic rings. The van der Waals surface area contributed by atoms with Gasteiger partial charge in [0, 0.05) is 60.9 Å². The van der Waals surface area contributed by atoms with Crippen LogP contribution in [0.25, 0.3) is 89.6 Å². The average molecular weight is 775 g/mol. The van der Waals surface area contributed by atoms with E-state index in [0.29, 0.717) is 24.1 Å².